The first kappa shape index (κ1) is 18.1. The minimum Gasteiger partial charge on any atom is -0.443 e. The lowest BCUT2D eigenvalue weighted by Crippen LogP contribution is -2.34. The predicted octanol–water partition coefficient (Wildman–Crippen LogP) is 6.05. The molecule has 0 aliphatic carbocycles. The number of rotatable bonds is 1. The van der Waals surface area contributed by atoms with E-state index in [1.165, 1.54) is 11.1 Å². The molecule has 0 unspecified atom stereocenters. The third-order valence-corrected chi connectivity index (χ3v) is 4.59. The van der Waals surface area contributed by atoms with Gasteiger partial charge in [0.25, 0.3) is 0 Å². The van der Waals surface area contributed by atoms with Crippen molar-refractivity contribution in [2.45, 2.75) is 26.4 Å². The Balaban J connectivity index is 2.22. The molecule has 3 aromatic rings. The van der Waals surface area contributed by atoms with Crippen LogP contribution in [0.3, 0.4) is 0 Å². The fourth-order valence-corrected chi connectivity index (χ4v) is 3.13. The molecule has 132 valence electrons. The van der Waals surface area contributed by atoms with Crippen LogP contribution < -0.4 is 4.90 Å². The molecule has 2 heterocycles. The van der Waals surface area contributed by atoms with Crippen molar-refractivity contribution in [1.82, 2.24) is 9.97 Å². The largest absolute Gasteiger partial charge is 0.443 e. The minimum atomic E-state index is -0.609. The Kier molecular flexibility index (Phi) is 4.52. The molecule has 0 saturated heterocycles. The summed E-state index contributed by atoms with van der Waals surface area (Å²) in [6, 6.07) is 3.44. The summed E-state index contributed by atoms with van der Waals surface area (Å²) in [5, 5.41) is 2.57. The smallest absolute Gasteiger partial charge is 0.414 e. The number of carbonyl (C=O) groups is 1. The van der Waals surface area contributed by atoms with Crippen LogP contribution in [-0.4, -0.2) is 28.7 Å². The number of pyridine rings is 1. The van der Waals surface area contributed by atoms with Crippen LogP contribution in [0.2, 0.25) is 15.1 Å². The van der Waals surface area contributed by atoms with E-state index >= 15 is 0 Å². The number of ether oxygens (including phenoxy) is 1. The van der Waals surface area contributed by atoms with E-state index in [0.29, 0.717) is 37.3 Å². The molecule has 1 amide bonds. The van der Waals surface area contributed by atoms with Crippen LogP contribution in [0.1, 0.15) is 20.8 Å². The van der Waals surface area contributed by atoms with Crippen LogP contribution in [0.4, 0.5) is 10.5 Å². The molecule has 2 aromatic heterocycles. The Bertz CT molecular complexity index is 992. The van der Waals surface area contributed by atoms with Gasteiger partial charge in [-0.05, 0) is 32.9 Å². The summed E-state index contributed by atoms with van der Waals surface area (Å²) in [7, 11) is 1.62. The Labute approximate surface area is 159 Å². The van der Waals surface area contributed by atoms with Gasteiger partial charge in [-0.15, -0.1) is 0 Å². The van der Waals surface area contributed by atoms with Crippen molar-refractivity contribution in [3.63, 3.8) is 0 Å². The molecule has 8 heteroatoms. The maximum absolute atomic E-state index is 12.4. The number of H-pyrrole nitrogens is 1. The van der Waals surface area contributed by atoms with Gasteiger partial charge in [-0.3, -0.25) is 4.90 Å². The zero-order valence-corrected chi connectivity index (χ0v) is 16.3. The lowest BCUT2D eigenvalue weighted by Gasteiger charge is -2.25. The number of aromatic amines is 1. The summed E-state index contributed by atoms with van der Waals surface area (Å²) in [4.78, 5) is 21.3. The molecule has 0 saturated carbocycles. The van der Waals surface area contributed by atoms with Gasteiger partial charge in [0.1, 0.15) is 11.2 Å². The number of carbonyl (C=O) groups excluding carboxylic acids is 1. The highest BCUT2D eigenvalue weighted by molar-refractivity contribution is 6.46. The van der Waals surface area contributed by atoms with Crippen LogP contribution >= 0.6 is 34.8 Å². The van der Waals surface area contributed by atoms with E-state index in [0.717, 1.165) is 5.39 Å². The number of halogens is 3. The summed E-state index contributed by atoms with van der Waals surface area (Å²) >= 11 is 18.7. The molecular weight excluding hydrogens is 385 g/mol. The van der Waals surface area contributed by atoms with Crippen molar-refractivity contribution < 1.29 is 9.53 Å². The van der Waals surface area contributed by atoms with Gasteiger partial charge in [-0.25, -0.2) is 9.78 Å². The maximum Gasteiger partial charge on any atom is 0.414 e. The number of benzene rings is 1. The summed E-state index contributed by atoms with van der Waals surface area (Å²) in [5.41, 5.74) is 1.18. The maximum atomic E-state index is 12.4. The van der Waals surface area contributed by atoms with E-state index in [-0.39, 0.29) is 0 Å². The number of fused-ring (bicyclic) bond motifs is 3. The zero-order valence-electron chi connectivity index (χ0n) is 14.1. The van der Waals surface area contributed by atoms with Gasteiger partial charge in [0.05, 0.1) is 21.2 Å². The van der Waals surface area contributed by atoms with E-state index in [4.69, 9.17) is 39.5 Å². The molecule has 0 fully saturated rings. The molecule has 1 N–H and O–H groups in total. The first-order chi connectivity index (χ1) is 11.6. The molecule has 3 rings (SSSR count). The lowest BCUT2D eigenvalue weighted by molar-refractivity contribution is 0.0589. The van der Waals surface area contributed by atoms with E-state index in [1.807, 2.05) is 0 Å². The Hall–Kier alpha value is -1.69. The molecule has 5 nitrogen and oxygen atoms in total. The summed E-state index contributed by atoms with van der Waals surface area (Å²) in [5.74, 6) is 0. The highest BCUT2D eigenvalue weighted by Crippen LogP contribution is 2.39. The van der Waals surface area contributed by atoms with Gasteiger partial charge in [-0.1, -0.05) is 34.8 Å². The number of amides is 1. The van der Waals surface area contributed by atoms with Gasteiger partial charge in [0.15, 0.2) is 0 Å². The zero-order chi connectivity index (χ0) is 18.5. The molecule has 25 heavy (non-hydrogen) atoms. The number of hydrogen-bond donors (Lipinski definition) is 1. The molecule has 0 radical (unpaired) electrons. The van der Waals surface area contributed by atoms with Crippen molar-refractivity contribution in [1.29, 1.82) is 0 Å². The van der Waals surface area contributed by atoms with Crippen LogP contribution in [-0.2, 0) is 4.74 Å². The third-order valence-electron chi connectivity index (χ3n) is 3.60. The Morgan fingerprint density at radius 2 is 1.92 bits per heavy atom. The van der Waals surface area contributed by atoms with Crippen molar-refractivity contribution in [2.24, 2.45) is 0 Å². The second-order valence-electron chi connectivity index (χ2n) is 6.66. The minimum absolute atomic E-state index is 0.345. The monoisotopic (exact) mass is 399 g/mol. The van der Waals surface area contributed by atoms with Crippen LogP contribution in [0.15, 0.2) is 18.3 Å². The second-order valence-corrected chi connectivity index (χ2v) is 7.88. The summed E-state index contributed by atoms with van der Waals surface area (Å²) in [6.45, 7) is 5.42. The first-order valence-corrected chi connectivity index (χ1v) is 8.63. The van der Waals surface area contributed by atoms with Gasteiger partial charge < -0.3 is 9.72 Å². The number of nitrogens with one attached hydrogen (secondary N) is 1. The number of anilines is 1. The van der Waals surface area contributed by atoms with Crippen LogP contribution in [0.5, 0.6) is 0 Å². The Morgan fingerprint density at radius 1 is 1.24 bits per heavy atom. The van der Waals surface area contributed by atoms with E-state index in [1.54, 1.807) is 40.0 Å². The highest BCUT2D eigenvalue weighted by Gasteiger charge is 2.24. The second kappa shape index (κ2) is 6.24. The fourth-order valence-electron chi connectivity index (χ4n) is 2.54. The third kappa shape index (κ3) is 3.36. The van der Waals surface area contributed by atoms with Crippen LogP contribution in [0.25, 0.3) is 21.9 Å². The molecule has 0 spiro atoms. The van der Waals surface area contributed by atoms with Crippen molar-refractivity contribution in [3.05, 3.63) is 33.4 Å². The molecule has 0 aliphatic rings. The van der Waals surface area contributed by atoms with Gasteiger partial charge in [0.2, 0.25) is 0 Å². The van der Waals surface area contributed by atoms with Crippen molar-refractivity contribution in [2.75, 3.05) is 11.9 Å². The van der Waals surface area contributed by atoms with Gasteiger partial charge in [-0.2, -0.15) is 0 Å². The number of hydrogen-bond acceptors (Lipinski definition) is 3. The lowest BCUT2D eigenvalue weighted by atomic mass is 10.1. The van der Waals surface area contributed by atoms with Gasteiger partial charge >= 0.3 is 6.09 Å². The van der Waals surface area contributed by atoms with Crippen molar-refractivity contribution >= 4 is 68.5 Å². The summed E-state index contributed by atoms with van der Waals surface area (Å²) < 4.78 is 5.43. The number of nitrogens with zero attached hydrogens (tertiary/aromatic N) is 2. The molecule has 1 aromatic carbocycles. The molecular formula is C17H16Cl3N3O2. The fraction of sp³-hybridized carbons (Fsp3) is 0.294. The topological polar surface area (TPSA) is 58.2 Å². The van der Waals surface area contributed by atoms with Gasteiger partial charge in [0, 0.05) is 29.0 Å². The first-order valence-electron chi connectivity index (χ1n) is 7.50. The Morgan fingerprint density at radius 3 is 2.56 bits per heavy atom. The standard InChI is InChI=1S/C17H16Cl3N3O2/c1-17(2,3)25-16(24)23(4)11-6-8(18)5-9-12-13(20)10(19)7-21-15(12)22-14(9)11/h5-7H,1-4H3,(H,21,22). The van der Waals surface area contributed by atoms with E-state index < -0.39 is 11.7 Å². The molecule has 0 bridgehead atoms. The van der Waals surface area contributed by atoms with Crippen LogP contribution in [0, 0.1) is 0 Å². The number of aromatic nitrogens is 2. The average molecular weight is 401 g/mol. The summed E-state index contributed by atoms with van der Waals surface area (Å²) in [6.07, 6.45) is 0.979. The molecule has 0 atom stereocenters. The molecule has 0 aliphatic heterocycles. The quantitative estimate of drug-likeness (QED) is 0.541. The van der Waals surface area contributed by atoms with Crippen molar-refractivity contribution in [3.8, 4) is 0 Å². The predicted molar refractivity (Wildman–Crippen MR) is 103 cm³/mol. The highest BCUT2D eigenvalue weighted by atomic mass is 35.5. The SMILES string of the molecule is CN(C(=O)OC(C)(C)C)c1cc(Cl)cc2c1[nH]c1ncc(Cl)c(Cl)c12. The normalized spacial score (nSPS) is 12.0. The van der Waals surface area contributed by atoms with E-state index in [9.17, 15) is 4.79 Å². The average Bonchev–Trinajstić information content (AvgIpc) is 2.86. The van der Waals surface area contributed by atoms with E-state index in [2.05, 4.69) is 9.97 Å².